The summed E-state index contributed by atoms with van der Waals surface area (Å²) >= 11 is 0. The van der Waals surface area contributed by atoms with E-state index in [0.29, 0.717) is 23.6 Å². The van der Waals surface area contributed by atoms with Crippen LogP contribution in [-0.4, -0.2) is 18.4 Å². The number of imide groups is 1. The zero-order valence-electron chi connectivity index (χ0n) is 18.1. The van der Waals surface area contributed by atoms with Crippen LogP contribution in [0, 0.1) is 19.7 Å². The first-order chi connectivity index (χ1) is 15.4. The number of benzene rings is 3. The number of amides is 2. The molecule has 2 amide bonds. The second kappa shape index (κ2) is 8.67. The summed E-state index contributed by atoms with van der Waals surface area (Å²) in [5.41, 5.74) is 3.88. The molecule has 162 valence electrons. The van der Waals surface area contributed by atoms with Gasteiger partial charge < -0.3 is 10.1 Å². The van der Waals surface area contributed by atoms with Crippen molar-refractivity contribution < 1.29 is 18.7 Å². The number of nitrogens with zero attached hydrogens (tertiary/aromatic N) is 1. The molecule has 0 aliphatic carbocycles. The van der Waals surface area contributed by atoms with Gasteiger partial charge in [0.05, 0.1) is 17.9 Å². The maximum Gasteiger partial charge on any atom is 0.282 e. The molecule has 1 aliphatic heterocycles. The van der Waals surface area contributed by atoms with E-state index in [2.05, 4.69) is 5.32 Å². The van der Waals surface area contributed by atoms with Crippen molar-refractivity contribution in [1.82, 2.24) is 0 Å². The summed E-state index contributed by atoms with van der Waals surface area (Å²) in [6.45, 7) is 6.20. The minimum absolute atomic E-state index is 0.150. The predicted molar refractivity (Wildman–Crippen MR) is 123 cm³/mol. The van der Waals surface area contributed by atoms with Gasteiger partial charge in [-0.15, -0.1) is 0 Å². The van der Waals surface area contributed by atoms with E-state index in [4.69, 9.17) is 4.74 Å². The van der Waals surface area contributed by atoms with E-state index in [0.717, 1.165) is 21.7 Å². The highest BCUT2D eigenvalue weighted by Gasteiger charge is 2.40. The molecular formula is C26H23FN2O3. The van der Waals surface area contributed by atoms with Crippen molar-refractivity contribution in [1.29, 1.82) is 0 Å². The van der Waals surface area contributed by atoms with Crippen LogP contribution in [0.1, 0.15) is 23.6 Å². The quantitative estimate of drug-likeness (QED) is 0.544. The first kappa shape index (κ1) is 21.3. The summed E-state index contributed by atoms with van der Waals surface area (Å²) in [6.07, 6.45) is 0. The van der Waals surface area contributed by atoms with Crippen LogP contribution >= 0.6 is 0 Å². The SMILES string of the molecule is CCOc1cccc(N2C(=O)C(Nc3cc(C)ccc3C)=C(c3ccc(F)cc3)C2=O)c1. The van der Waals surface area contributed by atoms with Crippen LogP contribution in [-0.2, 0) is 9.59 Å². The van der Waals surface area contributed by atoms with E-state index in [9.17, 15) is 14.0 Å². The molecule has 0 fully saturated rings. The molecule has 0 radical (unpaired) electrons. The molecule has 0 aromatic heterocycles. The minimum atomic E-state index is -0.483. The largest absolute Gasteiger partial charge is 0.494 e. The molecule has 0 spiro atoms. The Kier molecular flexibility index (Phi) is 5.77. The molecule has 0 unspecified atom stereocenters. The molecule has 3 aromatic rings. The van der Waals surface area contributed by atoms with Crippen molar-refractivity contribution >= 4 is 28.8 Å². The highest BCUT2D eigenvalue weighted by atomic mass is 19.1. The fourth-order valence-electron chi connectivity index (χ4n) is 3.65. The monoisotopic (exact) mass is 430 g/mol. The van der Waals surface area contributed by atoms with Gasteiger partial charge in [-0.2, -0.15) is 0 Å². The van der Waals surface area contributed by atoms with Crippen molar-refractivity contribution in [3.05, 3.63) is 94.9 Å². The molecule has 1 aliphatic rings. The molecular weight excluding hydrogens is 407 g/mol. The van der Waals surface area contributed by atoms with Gasteiger partial charge in [-0.3, -0.25) is 9.59 Å². The number of carbonyl (C=O) groups is 2. The first-order valence-corrected chi connectivity index (χ1v) is 10.3. The lowest BCUT2D eigenvalue weighted by molar-refractivity contribution is -0.120. The van der Waals surface area contributed by atoms with Crippen LogP contribution in [0.2, 0.25) is 0 Å². The first-order valence-electron chi connectivity index (χ1n) is 10.3. The third-order valence-corrected chi connectivity index (χ3v) is 5.26. The second-order valence-electron chi connectivity index (χ2n) is 7.58. The van der Waals surface area contributed by atoms with Crippen molar-refractivity contribution in [2.45, 2.75) is 20.8 Å². The normalized spacial score (nSPS) is 13.7. The predicted octanol–water partition coefficient (Wildman–Crippen LogP) is 5.24. The van der Waals surface area contributed by atoms with Gasteiger partial charge in [0.25, 0.3) is 11.8 Å². The third kappa shape index (κ3) is 3.99. The number of nitrogens with one attached hydrogen (secondary N) is 1. The number of anilines is 2. The average molecular weight is 430 g/mol. The van der Waals surface area contributed by atoms with Gasteiger partial charge >= 0.3 is 0 Å². The van der Waals surface area contributed by atoms with Gasteiger partial charge in [-0.1, -0.05) is 30.3 Å². The summed E-state index contributed by atoms with van der Waals surface area (Å²) in [7, 11) is 0. The lowest BCUT2D eigenvalue weighted by atomic mass is 10.0. The van der Waals surface area contributed by atoms with E-state index < -0.39 is 17.6 Å². The topological polar surface area (TPSA) is 58.6 Å². The minimum Gasteiger partial charge on any atom is -0.494 e. The maximum absolute atomic E-state index is 13.5. The van der Waals surface area contributed by atoms with Crippen LogP contribution in [0.4, 0.5) is 15.8 Å². The van der Waals surface area contributed by atoms with Gasteiger partial charge in [0.1, 0.15) is 17.3 Å². The Morgan fingerprint density at radius 3 is 2.41 bits per heavy atom. The smallest absolute Gasteiger partial charge is 0.282 e. The number of hydrogen-bond donors (Lipinski definition) is 1. The maximum atomic E-state index is 13.5. The zero-order chi connectivity index (χ0) is 22.8. The van der Waals surface area contributed by atoms with E-state index >= 15 is 0 Å². The fourth-order valence-corrected chi connectivity index (χ4v) is 3.65. The van der Waals surface area contributed by atoms with Crippen LogP contribution in [0.25, 0.3) is 5.57 Å². The van der Waals surface area contributed by atoms with E-state index in [1.54, 1.807) is 24.3 Å². The summed E-state index contributed by atoms with van der Waals surface area (Å²) in [6, 6.07) is 18.2. The summed E-state index contributed by atoms with van der Waals surface area (Å²) in [4.78, 5) is 28.1. The number of rotatable bonds is 6. The van der Waals surface area contributed by atoms with Crippen molar-refractivity contribution in [3.63, 3.8) is 0 Å². The number of ether oxygens (including phenoxy) is 1. The molecule has 1 heterocycles. The summed E-state index contributed by atoms with van der Waals surface area (Å²) in [5.74, 6) is -0.826. The zero-order valence-corrected chi connectivity index (χ0v) is 18.1. The van der Waals surface area contributed by atoms with Gasteiger partial charge in [-0.25, -0.2) is 9.29 Å². The summed E-state index contributed by atoms with van der Waals surface area (Å²) in [5, 5.41) is 3.18. The highest BCUT2D eigenvalue weighted by molar-refractivity contribution is 6.46. The second-order valence-corrected chi connectivity index (χ2v) is 7.58. The van der Waals surface area contributed by atoms with Crippen LogP contribution in [0.3, 0.4) is 0 Å². The molecule has 6 heteroatoms. The van der Waals surface area contributed by atoms with Crippen LogP contribution < -0.4 is 15.0 Å². The number of halogens is 1. The molecule has 5 nitrogen and oxygen atoms in total. The lowest BCUT2D eigenvalue weighted by Gasteiger charge is -2.17. The molecule has 0 saturated heterocycles. The number of carbonyl (C=O) groups excluding carboxylic acids is 2. The van der Waals surface area contributed by atoms with Gasteiger partial charge in [0.2, 0.25) is 0 Å². The van der Waals surface area contributed by atoms with E-state index in [-0.39, 0.29) is 11.3 Å². The Morgan fingerprint density at radius 2 is 1.69 bits per heavy atom. The fraction of sp³-hybridized carbons (Fsp3) is 0.154. The van der Waals surface area contributed by atoms with Crippen molar-refractivity contribution in [2.24, 2.45) is 0 Å². The third-order valence-electron chi connectivity index (χ3n) is 5.26. The molecule has 0 saturated carbocycles. The van der Waals surface area contributed by atoms with Crippen LogP contribution in [0.5, 0.6) is 5.75 Å². The molecule has 3 aromatic carbocycles. The van der Waals surface area contributed by atoms with Crippen LogP contribution in [0.15, 0.2) is 72.4 Å². The molecule has 4 rings (SSSR count). The lowest BCUT2D eigenvalue weighted by Crippen LogP contribution is -2.32. The Morgan fingerprint density at radius 1 is 0.938 bits per heavy atom. The average Bonchev–Trinajstić information content (AvgIpc) is 3.01. The van der Waals surface area contributed by atoms with Crippen molar-refractivity contribution in [3.8, 4) is 5.75 Å². The molecule has 0 bridgehead atoms. The Bertz CT molecular complexity index is 1230. The standard InChI is InChI=1S/C26H23FN2O3/c1-4-32-21-7-5-6-20(15-21)29-25(30)23(18-10-12-19(27)13-11-18)24(26(29)31)28-22-14-16(2)8-9-17(22)3/h5-15,28H,4H2,1-3H3. The molecule has 32 heavy (non-hydrogen) atoms. The summed E-state index contributed by atoms with van der Waals surface area (Å²) < 4.78 is 19.1. The van der Waals surface area contributed by atoms with E-state index in [1.165, 1.54) is 24.3 Å². The Balaban J connectivity index is 1.82. The van der Waals surface area contributed by atoms with Gasteiger partial charge in [0.15, 0.2) is 0 Å². The number of hydrogen-bond acceptors (Lipinski definition) is 4. The van der Waals surface area contributed by atoms with Gasteiger partial charge in [-0.05, 0) is 67.8 Å². The van der Waals surface area contributed by atoms with E-state index in [1.807, 2.05) is 39.0 Å². The Labute approximate surface area is 186 Å². The number of aryl methyl sites for hydroxylation is 2. The highest BCUT2D eigenvalue weighted by Crippen LogP contribution is 2.35. The molecule has 0 atom stereocenters. The Hall–Kier alpha value is -3.93. The molecule has 1 N–H and O–H groups in total. The van der Waals surface area contributed by atoms with Crippen molar-refractivity contribution in [2.75, 3.05) is 16.8 Å². The van der Waals surface area contributed by atoms with Gasteiger partial charge in [0, 0.05) is 11.8 Å².